The van der Waals surface area contributed by atoms with Gasteiger partial charge in [-0.25, -0.2) is 9.18 Å². The molecule has 202 valence electrons. The molecule has 39 heavy (non-hydrogen) atoms. The Morgan fingerprint density at radius 1 is 0.872 bits per heavy atom. The van der Waals surface area contributed by atoms with E-state index in [9.17, 15) is 27.2 Å². The van der Waals surface area contributed by atoms with Crippen molar-refractivity contribution in [1.29, 1.82) is 0 Å². The van der Waals surface area contributed by atoms with E-state index in [1.807, 2.05) is 36.4 Å². The van der Waals surface area contributed by atoms with Crippen LogP contribution in [0.2, 0.25) is 0 Å². The average Bonchev–Trinajstić information content (AvgIpc) is 3.37. The Labute approximate surface area is 222 Å². The number of amides is 1. The summed E-state index contributed by atoms with van der Waals surface area (Å²) in [5.74, 6) is -2.82. The molecular formula is C30H25F4NO4. The van der Waals surface area contributed by atoms with Crippen LogP contribution in [-0.4, -0.2) is 41.8 Å². The zero-order chi connectivity index (χ0) is 27.3. The molecule has 9 heteroatoms. The van der Waals surface area contributed by atoms with E-state index in [2.05, 4.69) is 16.9 Å². The van der Waals surface area contributed by atoms with E-state index in [4.69, 9.17) is 4.74 Å². The van der Waals surface area contributed by atoms with Gasteiger partial charge in [0.2, 0.25) is 0 Å². The van der Waals surface area contributed by atoms with Gasteiger partial charge >= 0.3 is 12.5 Å². The highest BCUT2D eigenvalue weighted by Gasteiger charge is 2.46. The molecule has 2 atom stereocenters. The van der Waals surface area contributed by atoms with Crippen molar-refractivity contribution >= 4 is 11.9 Å². The van der Waals surface area contributed by atoms with Gasteiger partial charge in [0, 0.05) is 23.9 Å². The molecule has 1 aliphatic carbocycles. The summed E-state index contributed by atoms with van der Waals surface area (Å²) >= 11 is 0. The van der Waals surface area contributed by atoms with Gasteiger partial charge in [-0.2, -0.15) is 0 Å². The lowest BCUT2D eigenvalue weighted by Gasteiger charge is -2.37. The van der Waals surface area contributed by atoms with Gasteiger partial charge in [0.1, 0.15) is 18.2 Å². The predicted molar refractivity (Wildman–Crippen MR) is 134 cm³/mol. The number of alkyl halides is 3. The van der Waals surface area contributed by atoms with Crippen LogP contribution in [-0.2, 0) is 4.74 Å². The van der Waals surface area contributed by atoms with E-state index in [1.54, 1.807) is 4.90 Å². The standard InChI is InChI=1S/C30H25F4NO4/c31-27-12-11-20(39-30(32,33)34)15-25(27)28(36)17-13-18-9-10-19(14-17)35(18)29(37)38-16-26-23-7-3-1-5-21(23)22-6-2-4-8-24(22)26/h1-8,11-12,15,17-19,26H,9-10,13-14,16H2. The maximum absolute atomic E-state index is 14.4. The van der Waals surface area contributed by atoms with E-state index >= 15 is 0 Å². The zero-order valence-electron chi connectivity index (χ0n) is 20.8. The molecule has 2 saturated heterocycles. The first-order chi connectivity index (χ1) is 18.7. The summed E-state index contributed by atoms with van der Waals surface area (Å²) in [5.41, 5.74) is 4.04. The second kappa shape index (κ2) is 9.70. The predicted octanol–water partition coefficient (Wildman–Crippen LogP) is 7.10. The number of benzene rings is 3. The molecule has 0 saturated carbocycles. The van der Waals surface area contributed by atoms with Crippen LogP contribution in [0.1, 0.15) is 53.1 Å². The first-order valence-corrected chi connectivity index (χ1v) is 12.9. The normalized spacial score (nSPS) is 21.8. The smallest absolute Gasteiger partial charge is 0.448 e. The SMILES string of the molecule is O=C(c1cc(OC(F)(F)F)ccc1F)C1CC2CCC(C1)N2C(=O)OCC1c2ccccc2-c2ccccc21. The first kappa shape index (κ1) is 25.4. The number of Topliss-reactive ketones (excluding diaryl/α,β-unsaturated/α-hetero) is 1. The van der Waals surface area contributed by atoms with E-state index < -0.39 is 41.3 Å². The number of nitrogens with zero attached hydrogens (tertiary/aromatic N) is 1. The van der Waals surface area contributed by atoms with Crippen molar-refractivity contribution in [2.24, 2.45) is 5.92 Å². The Hall–Kier alpha value is -3.88. The minimum Gasteiger partial charge on any atom is -0.448 e. The number of halogens is 4. The van der Waals surface area contributed by atoms with Crippen LogP contribution >= 0.6 is 0 Å². The van der Waals surface area contributed by atoms with Crippen LogP contribution in [0.5, 0.6) is 5.75 Å². The Morgan fingerprint density at radius 3 is 2.05 bits per heavy atom. The molecule has 3 aromatic carbocycles. The van der Waals surface area contributed by atoms with Gasteiger partial charge in [-0.15, -0.1) is 13.2 Å². The largest absolute Gasteiger partial charge is 0.573 e. The molecule has 0 aromatic heterocycles. The molecule has 1 amide bonds. The molecule has 6 rings (SSSR count). The molecule has 0 radical (unpaired) electrons. The van der Waals surface area contributed by atoms with Gasteiger partial charge in [0.05, 0.1) is 5.56 Å². The molecule has 0 N–H and O–H groups in total. The van der Waals surface area contributed by atoms with Crippen molar-refractivity contribution < 1.29 is 36.6 Å². The first-order valence-electron chi connectivity index (χ1n) is 12.9. The fraction of sp³-hybridized carbons (Fsp3) is 0.333. The molecule has 2 heterocycles. The van der Waals surface area contributed by atoms with Gasteiger partial charge < -0.3 is 14.4 Å². The monoisotopic (exact) mass is 539 g/mol. The summed E-state index contributed by atoms with van der Waals surface area (Å²) in [4.78, 5) is 28.1. The highest BCUT2D eigenvalue weighted by molar-refractivity contribution is 5.98. The molecule has 2 fully saturated rings. The Morgan fingerprint density at radius 2 is 1.46 bits per heavy atom. The fourth-order valence-corrected chi connectivity index (χ4v) is 6.47. The van der Waals surface area contributed by atoms with Crippen molar-refractivity contribution in [3.05, 3.63) is 89.2 Å². The Balaban J connectivity index is 1.14. The van der Waals surface area contributed by atoms with Gasteiger partial charge in [-0.05, 0) is 66.1 Å². The number of carbonyl (C=O) groups excluding carboxylic acids is 2. The summed E-state index contributed by atoms with van der Waals surface area (Å²) in [7, 11) is 0. The number of hydrogen-bond acceptors (Lipinski definition) is 4. The third kappa shape index (κ3) is 4.75. The highest BCUT2D eigenvalue weighted by Crippen LogP contribution is 2.45. The van der Waals surface area contributed by atoms with Crippen LogP contribution in [0.3, 0.4) is 0 Å². The van der Waals surface area contributed by atoms with Crippen molar-refractivity contribution in [3.63, 3.8) is 0 Å². The summed E-state index contributed by atoms with van der Waals surface area (Å²) in [5, 5.41) is 0. The lowest BCUT2D eigenvalue weighted by Crippen LogP contribution is -2.48. The van der Waals surface area contributed by atoms with Crippen LogP contribution in [0, 0.1) is 11.7 Å². The number of ether oxygens (including phenoxy) is 2. The van der Waals surface area contributed by atoms with Gasteiger partial charge in [0.25, 0.3) is 0 Å². The third-order valence-corrected chi connectivity index (χ3v) is 8.09. The number of carbonyl (C=O) groups is 2. The summed E-state index contributed by atoms with van der Waals surface area (Å²) < 4.78 is 62.0. The molecule has 3 aromatic rings. The van der Waals surface area contributed by atoms with Crippen molar-refractivity contribution in [1.82, 2.24) is 4.90 Å². The molecule has 0 spiro atoms. The fourth-order valence-electron chi connectivity index (χ4n) is 6.47. The minimum absolute atomic E-state index is 0.0766. The Bertz CT molecular complexity index is 1380. The van der Waals surface area contributed by atoms with Gasteiger partial charge in [-0.3, -0.25) is 4.79 Å². The third-order valence-electron chi connectivity index (χ3n) is 8.09. The minimum atomic E-state index is -4.95. The zero-order valence-corrected chi connectivity index (χ0v) is 20.8. The molecular weight excluding hydrogens is 514 g/mol. The second-order valence-corrected chi connectivity index (χ2v) is 10.3. The maximum atomic E-state index is 14.4. The van der Waals surface area contributed by atoms with E-state index in [0.29, 0.717) is 25.7 Å². The van der Waals surface area contributed by atoms with E-state index in [-0.39, 0.29) is 24.6 Å². The molecule has 3 aliphatic rings. The van der Waals surface area contributed by atoms with E-state index in [0.717, 1.165) is 40.5 Å². The number of fused-ring (bicyclic) bond motifs is 5. The van der Waals surface area contributed by atoms with Crippen molar-refractivity contribution in [2.75, 3.05) is 6.61 Å². The summed E-state index contributed by atoms with van der Waals surface area (Å²) in [6, 6.07) is 18.0. The number of rotatable bonds is 5. The van der Waals surface area contributed by atoms with E-state index in [1.165, 1.54) is 0 Å². The van der Waals surface area contributed by atoms with Crippen LogP contribution in [0.15, 0.2) is 66.7 Å². The lowest BCUT2D eigenvalue weighted by atomic mass is 9.84. The molecule has 2 unspecified atom stereocenters. The average molecular weight is 540 g/mol. The van der Waals surface area contributed by atoms with Crippen LogP contribution in [0.25, 0.3) is 11.1 Å². The molecule has 2 bridgehead atoms. The quantitative estimate of drug-likeness (QED) is 0.256. The summed E-state index contributed by atoms with van der Waals surface area (Å²) in [6.07, 6.45) is -3.45. The van der Waals surface area contributed by atoms with Crippen LogP contribution < -0.4 is 4.74 Å². The van der Waals surface area contributed by atoms with Gasteiger partial charge in [-0.1, -0.05) is 48.5 Å². The Kier molecular flexibility index (Phi) is 6.32. The van der Waals surface area contributed by atoms with Gasteiger partial charge in [0.15, 0.2) is 5.78 Å². The topological polar surface area (TPSA) is 55.8 Å². The van der Waals surface area contributed by atoms with Crippen molar-refractivity contribution in [2.45, 2.75) is 50.0 Å². The molecule has 2 aliphatic heterocycles. The lowest BCUT2D eigenvalue weighted by molar-refractivity contribution is -0.274. The summed E-state index contributed by atoms with van der Waals surface area (Å²) in [6.45, 7) is 0.183. The van der Waals surface area contributed by atoms with Crippen molar-refractivity contribution in [3.8, 4) is 16.9 Å². The number of piperidine rings is 1. The number of hydrogen-bond donors (Lipinski definition) is 0. The number of ketones is 1. The maximum Gasteiger partial charge on any atom is 0.573 e. The highest BCUT2D eigenvalue weighted by atomic mass is 19.4. The van der Waals surface area contributed by atoms with Crippen LogP contribution in [0.4, 0.5) is 22.4 Å². The molecule has 5 nitrogen and oxygen atoms in total. The second-order valence-electron chi connectivity index (χ2n) is 10.3.